The number of hydrogen-bond donors (Lipinski definition) is 0. The average Bonchev–Trinajstić information content (AvgIpc) is 2.27. The highest BCUT2D eigenvalue weighted by Gasteiger charge is 2.36. The van der Waals surface area contributed by atoms with Crippen molar-refractivity contribution in [1.82, 2.24) is 0 Å². The monoisotopic (exact) mass is 326 g/mol. The minimum absolute atomic E-state index is 0.0183. The molecule has 0 saturated heterocycles. The van der Waals surface area contributed by atoms with Crippen molar-refractivity contribution in [3.05, 3.63) is 0 Å². The predicted molar refractivity (Wildman–Crippen MR) is 96.3 cm³/mol. The van der Waals surface area contributed by atoms with Gasteiger partial charge in [0.1, 0.15) is 11.4 Å². The van der Waals surface area contributed by atoms with E-state index in [2.05, 4.69) is 20.8 Å². The molecule has 23 heavy (non-hydrogen) atoms. The van der Waals surface area contributed by atoms with Crippen LogP contribution in [0.2, 0.25) is 0 Å². The van der Waals surface area contributed by atoms with Crippen molar-refractivity contribution in [2.45, 2.75) is 100 Å². The molecule has 0 aliphatic carbocycles. The van der Waals surface area contributed by atoms with Crippen molar-refractivity contribution in [2.75, 3.05) is 0 Å². The second-order valence-electron chi connectivity index (χ2n) is 9.72. The summed E-state index contributed by atoms with van der Waals surface area (Å²) < 4.78 is 5.31. The summed E-state index contributed by atoms with van der Waals surface area (Å²) in [5, 5.41) is 0. The summed E-state index contributed by atoms with van der Waals surface area (Å²) >= 11 is 0. The number of Topliss-reactive ketones (excluding diaryl/α,β-unsaturated/α-hetero) is 1. The molecule has 3 nitrogen and oxygen atoms in total. The number of carbonyl (C=O) groups is 2. The molecule has 136 valence electrons. The zero-order valence-corrected chi connectivity index (χ0v) is 16.8. The van der Waals surface area contributed by atoms with Gasteiger partial charge in [0.05, 0.1) is 0 Å². The molecule has 1 atom stereocenters. The highest BCUT2D eigenvalue weighted by molar-refractivity contribution is 5.86. The van der Waals surface area contributed by atoms with Crippen LogP contribution in [0.15, 0.2) is 0 Å². The summed E-state index contributed by atoms with van der Waals surface area (Å²) in [6.07, 6.45) is 4.13. The Kier molecular flexibility index (Phi) is 7.99. The molecular weight excluding hydrogens is 288 g/mol. The van der Waals surface area contributed by atoms with Gasteiger partial charge < -0.3 is 4.74 Å². The summed E-state index contributed by atoms with van der Waals surface area (Å²) in [4.78, 5) is 24.3. The van der Waals surface area contributed by atoms with Crippen LogP contribution in [0, 0.1) is 16.7 Å². The first-order valence-electron chi connectivity index (χ1n) is 8.91. The van der Waals surface area contributed by atoms with E-state index in [-0.39, 0.29) is 22.7 Å². The van der Waals surface area contributed by atoms with E-state index >= 15 is 0 Å². The summed E-state index contributed by atoms with van der Waals surface area (Å²) in [7, 11) is 0. The molecular formula is C20H38O3. The van der Waals surface area contributed by atoms with Crippen LogP contribution >= 0.6 is 0 Å². The van der Waals surface area contributed by atoms with E-state index in [1.165, 1.54) is 0 Å². The molecule has 0 N–H and O–H groups in total. The first kappa shape index (κ1) is 22.1. The zero-order chi connectivity index (χ0) is 18.5. The third-order valence-electron chi connectivity index (χ3n) is 3.89. The van der Waals surface area contributed by atoms with Crippen LogP contribution in [-0.2, 0) is 14.3 Å². The highest BCUT2D eigenvalue weighted by Crippen LogP contribution is 2.36. The fourth-order valence-corrected chi connectivity index (χ4v) is 2.67. The Morgan fingerprint density at radius 3 is 1.74 bits per heavy atom. The molecule has 0 amide bonds. The molecule has 0 aliphatic rings. The van der Waals surface area contributed by atoms with E-state index < -0.39 is 5.60 Å². The Balaban J connectivity index is 4.31. The van der Waals surface area contributed by atoms with Crippen molar-refractivity contribution in [1.29, 1.82) is 0 Å². The van der Waals surface area contributed by atoms with E-state index in [9.17, 15) is 9.59 Å². The van der Waals surface area contributed by atoms with Crippen LogP contribution in [0.5, 0.6) is 0 Å². The summed E-state index contributed by atoms with van der Waals surface area (Å²) in [5.41, 5.74) is -0.725. The van der Waals surface area contributed by atoms with Crippen molar-refractivity contribution in [2.24, 2.45) is 16.7 Å². The lowest BCUT2D eigenvalue weighted by atomic mass is 9.69. The third kappa shape index (κ3) is 9.78. The molecule has 0 aliphatic heterocycles. The van der Waals surface area contributed by atoms with Gasteiger partial charge in [0.2, 0.25) is 0 Å². The summed E-state index contributed by atoms with van der Waals surface area (Å²) in [5.74, 6) is 0.289. The largest absolute Gasteiger partial charge is 0.460 e. The van der Waals surface area contributed by atoms with E-state index in [1.54, 1.807) is 0 Å². The quantitative estimate of drug-likeness (QED) is 0.454. The van der Waals surface area contributed by atoms with Gasteiger partial charge in [-0.3, -0.25) is 9.59 Å². The number of hydrogen-bond acceptors (Lipinski definition) is 3. The fourth-order valence-electron chi connectivity index (χ4n) is 2.67. The van der Waals surface area contributed by atoms with Gasteiger partial charge in [0.15, 0.2) is 0 Å². The maximum Gasteiger partial charge on any atom is 0.306 e. The fraction of sp³-hybridized carbons (Fsp3) is 0.900. The van der Waals surface area contributed by atoms with Crippen LogP contribution < -0.4 is 0 Å². The number of ketones is 1. The number of ether oxygens (including phenoxy) is 1. The van der Waals surface area contributed by atoms with E-state index in [0.717, 1.165) is 25.7 Å². The Hall–Kier alpha value is -0.860. The maximum absolute atomic E-state index is 12.7. The molecule has 0 fully saturated rings. The number of carbonyl (C=O) groups excluding carboxylic acids is 2. The van der Waals surface area contributed by atoms with Crippen molar-refractivity contribution in [3.63, 3.8) is 0 Å². The lowest BCUT2D eigenvalue weighted by Crippen LogP contribution is -2.36. The molecule has 0 heterocycles. The van der Waals surface area contributed by atoms with Gasteiger partial charge in [0, 0.05) is 17.8 Å². The molecule has 0 unspecified atom stereocenters. The Morgan fingerprint density at radius 1 is 0.826 bits per heavy atom. The van der Waals surface area contributed by atoms with Gasteiger partial charge in [0.25, 0.3) is 0 Å². The Morgan fingerprint density at radius 2 is 1.35 bits per heavy atom. The molecule has 3 heteroatoms. The van der Waals surface area contributed by atoms with Gasteiger partial charge in [-0.25, -0.2) is 0 Å². The smallest absolute Gasteiger partial charge is 0.306 e. The van der Waals surface area contributed by atoms with Crippen LogP contribution in [0.1, 0.15) is 94.4 Å². The molecule has 0 radical (unpaired) electrons. The highest BCUT2D eigenvalue weighted by atomic mass is 16.6. The number of esters is 1. The van der Waals surface area contributed by atoms with Crippen LogP contribution in [-0.4, -0.2) is 17.4 Å². The van der Waals surface area contributed by atoms with Crippen molar-refractivity contribution in [3.8, 4) is 0 Å². The van der Waals surface area contributed by atoms with Gasteiger partial charge >= 0.3 is 5.97 Å². The van der Waals surface area contributed by atoms with E-state index in [0.29, 0.717) is 12.2 Å². The molecule has 0 spiro atoms. The average molecular weight is 327 g/mol. The lowest BCUT2D eigenvalue weighted by molar-refractivity contribution is -0.155. The Bertz CT molecular complexity index is 389. The first-order chi connectivity index (χ1) is 10.1. The van der Waals surface area contributed by atoms with Gasteiger partial charge in [-0.2, -0.15) is 0 Å². The van der Waals surface area contributed by atoms with E-state index in [1.807, 2.05) is 41.5 Å². The summed E-state index contributed by atoms with van der Waals surface area (Å²) in [6, 6.07) is 0. The second-order valence-corrected chi connectivity index (χ2v) is 9.72. The number of unbranched alkanes of at least 4 members (excludes halogenated alkanes) is 2. The zero-order valence-electron chi connectivity index (χ0n) is 16.8. The predicted octanol–water partition coefficient (Wildman–Crippen LogP) is 5.56. The lowest BCUT2D eigenvalue weighted by Gasteiger charge is -2.34. The Labute approximate surface area is 143 Å². The van der Waals surface area contributed by atoms with E-state index in [4.69, 9.17) is 4.74 Å². The summed E-state index contributed by atoms with van der Waals surface area (Å²) in [6.45, 7) is 18.1. The van der Waals surface area contributed by atoms with Crippen molar-refractivity contribution >= 4 is 11.8 Å². The molecule has 0 saturated carbocycles. The van der Waals surface area contributed by atoms with Gasteiger partial charge in [-0.1, -0.05) is 54.4 Å². The van der Waals surface area contributed by atoms with Crippen LogP contribution in [0.4, 0.5) is 0 Å². The minimum Gasteiger partial charge on any atom is -0.460 e. The normalized spacial score (nSPS) is 14.5. The topological polar surface area (TPSA) is 43.4 Å². The SMILES string of the molecule is CC(C)(C)OC(=O)CCCCC[C@@H](C(=O)C(C)(C)C)C(C)(C)C. The van der Waals surface area contributed by atoms with Crippen LogP contribution in [0.25, 0.3) is 0 Å². The minimum atomic E-state index is -0.409. The maximum atomic E-state index is 12.7. The molecule has 0 aromatic heterocycles. The van der Waals surface area contributed by atoms with Gasteiger partial charge in [-0.05, 0) is 39.0 Å². The molecule has 0 bridgehead atoms. The molecule has 0 aromatic rings. The number of rotatable bonds is 7. The molecule has 0 aromatic carbocycles. The van der Waals surface area contributed by atoms with Crippen molar-refractivity contribution < 1.29 is 14.3 Å². The molecule has 0 rings (SSSR count). The standard InChI is InChI=1S/C20H38O3/c1-18(2,3)15(17(22)19(4,5)6)13-11-10-12-14-16(21)23-20(7,8)9/h15H,10-14H2,1-9H3/t15-/m0/s1. The second kappa shape index (κ2) is 8.30. The first-order valence-corrected chi connectivity index (χ1v) is 8.91. The third-order valence-corrected chi connectivity index (χ3v) is 3.89. The van der Waals surface area contributed by atoms with Crippen LogP contribution in [0.3, 0.4) is 0 Å². The van der Waals surface area contributed by atoms with Gasteiger partial charge in [-0.15, -0.1) is 0 Å².